The minimum Gasteiger partial charge on any atom is -0.493 e. The molecule has 0 saturated carbocycles. The van der Waals surface area contributed by atoms with Crippen molar-refractivity contribution in [2.75, 3.05) is 37.7 Å². The molecule has 30 heavy (non-hydrogen) atoms. The molecule has 11 heteroatoms. The van der Waals surface area contributed by atoms with Gasteiger partial charge in [-0.2, -0.15) is 0 Å². The first-order valence-electron chi connectivity index (χ1n) is 9.97. The summed E-state index contributed by atoms with van der Waals surface area (Å²) >= 11 is 0. The van der Waals surface area contributed by atoms with Crippen molar-refractivity contribution >= 4 is 17.8 Å². The third-order valence-electron chi connectivity index (χ3n) is 4.89. The molecule has 2 aromatic rings. The maximum Gasteiger partial charge on any atom is 0.415 e. The summed E-state index contributed by atoms with van der Waals surface area (Å²) in [4.78, 5) is 25.5. The number of likely N-dealkylation sites (tertiary alicyclic amines) is 1. The largest absolute Gasteiger partial charge is 0.493 e. The Balaban J connectivity index is 1.74. The van der Waals surface area contributed by atoms with E-state index in [0.717, 1.165) is 24.5 Å². The number of benzene rings is 1. The Morgan fingerprint density at radius 2 is 2.10 bits per heavy atom. The van der Waals surface area contributed by atoms with Crippen LogP contribution in [0.3, 0.4) is 0 Å². The van der Waals surface area contributed by atoms with Gasteiger partial charge in [-0.25, -0.2) is 9.69 Å². The van der Waals surface area contributed by atoms with Gasteiger partial charge in [-0.15, -0.1) is 5.10 Å². The summed E-state index contributed by atoms with van der Waals surface area (Å²) in [5, 5.41) is 28.4. The number of nitrogens with zero attached hydrogens (tertiary/aromatic N) is 5. The second-order valence-corrected chi connectivity index (χ2v) is 6.95. The molecule has 11 nitrogen and oxygen atoms in total. The summed E-state index contributed by atoms with van der Waals surface area (Å²) in [7, 11) is 0. The number of nitro groups is 1. The van der Waals surface area contributed by atoms with Crippen molar-refractivity contribution in [2.45, 2.75) is 32.6 Å². The van der Waals surface area contributed by atoms with Crippen LogP contribution in [-0.4, -0.2) is 64.0 Å². The fourth-order valence-electron chi connectivity index (χ4n) is 3.42. The SMILES string of the molecule is CCOc1cc([N+](=O)[O-])ccc1-c1nnc(N(CCCN2CCCCC2)C(=O)O)o1. The zero-order valence-corrected chi connectivity index (χ0v) is 16.8. The van der Waals surface area contributed by atoms with E-state index < -0.39 is 11.0 Å². The lowest BCUT2D eigenvalue weighted by Gasteiger charge is -2.26. The second-order valence-electron chi connectivity index (χ2n) is 6.95. The third kappa shape index (κ3) is 5.23. The van der Waals surface area contributed by atoms with Crippen molar-refractivity contribution < 1.29 is 24.0 Å². The van der Waals surface area contributed by atoms with Gasteiger partial charge in [-0.05, 0) is 51.9 Å². The predicted octanol–water partition coefficient (Wildman–Crippen LogP) is 3.40. The van der Waals surface area contributed by atoms with E-state index in [2.05, 4.69) is 15.1 Å². The van der Waals surface area contributed by atoms with Gasteiger partial charge in [0.2, 0.25) is 0 Å². The molecule has 1 amide bonds. The average Bonchev–Trinajstić information content (AvgIpc) is 3.21. The normalized spacial score (nSPS) is 14.4. The molecule has 0 unspecified atom stereocenters. The van der Waals surface area contributed by atoms with Gasteiger partial charge in [0.1, 0.15) is 5.75 Å². The average molecular weight is 419 g/mol. The molecule has 0 aliphatic carbocycles. The number of rotatable bonds is 9. The fourth-order valence-corrected chi connectivity index (χ4v) is 3.42. The van der Waals surface area contributed by atoms with E-state index in [1.165, 1.54) is 37.5 Å². The fraction of sp³-hybridized carbons (Fsp3) is 0.526. The van der Waals surface area contributed by atoms with Gasteiger partial charge in [0.05, 0.1) is 23.2 Å². The monoisotopic (exact) mass is 419 g/mol. The summed E-state index contributed by atoms with van der Waals surface area (Å²) in [6.07, 6.45) is 3.05. The number of nitro benzene ring substituents is 1. The molecule has 1 fully saturated rings. The molecule has 2 heterocycles. The van der Waals surface area contributed by atoms with Crippen molar-refractivity contribution in [3.63, 3.8) is 0 Å². The quantitative estimate of drug-likeness (QED) is 0.479. The number of anilines is 1. The van der Waals surface area contributed by atoms with E-state index in [1.807, 2.05) is 0 Å². The minimum atomic E-state index is -1.18. The summed E-state index contributed by atoms with van der Waals surface area (Å²) in [5.74, 6) is 0.250. The Morgan fingerprint density at radius 1 is 1.33 bits per heavy atom. The highest BCUT2D eigenvalue weighted by Crippen LogP contribution is 2.34. The van der Waals surface area contributed by atoms with Crippen LogP contribution in [0.15, 0.2) is 22.6 Å². The number of non-ortho nitro benzene ring substituents is 1. The van der Waals surface area contributed by atoms with Crippen molar-refractivity contribution in [1.29, 1.82) is 0 Å². The molecule has 1 aliphatic heterocycles. The lowest BCUT2D eigenvalue weighted by atomic mass is 10.1. The number of hydrogen-bond donors (Lipinski definition) is 1. The third-order valence-corrected chi connectivity index (χ3v) is 4.89. The zero-order chi connectivity index (χ0) is 21.5. The molecule has 0 spiro atoms. The highest BCUT2D eigenvalue weighted by molar-refractivity contribution is 5.83. The van der Waals surface area contributed by atoms with E-state index in [9.17, 15) is 20.0 Å². The van der Waals surface area contributed by atoms with Gasteiger partial charge in [-0.1, -0.05) is 11.5 Å². The van der Waals surface area contributed by atoms with Gasteiger partial charge < -0.3 is 19.2 Å². The highest BCUT2D eigenvalue weighted by Gasteiger charge is 2.24. The first kappa shape index (κ1) is 21.5. The first-order valence-corrected chi connectivity index (χ1v) is 9.97. The molecule has 1 aliphatic rings. The van der Waals surface area contributed by atoms with Crippen molar-refractivity contribution in [2.24, 2.45) is 0 Å². The molecular formula is C19H25N5O6. The van der Waals surface area contributed by atoms with Crippen LogP contribution in [0.2, 0.25) is 0 Å². The summed E-state index contributed by atoms with van der Waals surface area (Å²) in [5.41, 5.74) is 0.228. The summed E-state index contributed by atoms with van der Waals surface area (Å²) in [6.45, 7) is 5.15. The van der Waals surface area contributed by atoms with Crippen LogP contribution < -0.4 is 9.64 Å². The summed E-state index contributed by atoms with van der Waals surface area (Å²) in [6, 6.07) is 3.88. The molecule has 1 aromatic carbocycles. The van der Waals surface area contributed by atoms with Crippen LogP contribution in [0.1, 0.15) is 32.6 Å². The Kier molecular flexibility index (Phi) is 7.17. The second kappa shape index (κ2) is 10.0. The van der Waals surface area contributed by atoms with E-state index in [-0.39, 0.29) is 36.5 Å². The maximum atomic E-state index is 11.7. The summed E-state index contributed by atoms with van der Waals surface area (Å²) < 4.78 is 11.0. The Hall–Kier alpha value is -3.21. The van der Waals surface area contributed by atoms with Crippen LogP contribution in [0.4, 0.5) is 16.5 Å². The lowest BCUT2D eigenvalue weighted by molar-refractivity contribution is -0.384. The van der Waals surface area contributed by atoms with Crippen LogP contribution in [-0.2, 0) is 0 Å². The standard InChI is InChI=1S/C19H25N5O6/c1-2-29-16-13-14(24(27)28)7-8-15(16)17-20-21-18(30-17)23(19(25)26)12-6-11-22-9-4-3-5-10-22/h7-8,13H,2-6,9-12H2,1H3,(H,25,26). The number of piperidine rings is 1. The first-order chi connectivity index (χ1) is 14.5. The number of ether oxygens (including phenoxy) is 1. The number of amides is 1. The van der Waals surface area contributed by atoms with Gasteiger partial charge in [-0.3, -0.25) is 10.1 Å². The van der Waals surface area contributed by atoms with Gasteiger partial charge in [0.15, 0.2) is 0 Å². The van der Waals surface area contributed by atoms with E-state index in [1.54, 1.807) is 6.92 Å². The highest BCUT2D eigenvalue weighted by atomic mass is 16.6. The van der Waals surface area contributed by atoms with Gasteiger partial charge in [0, 0.05) is 12.6 Å². The molecule has 1 N–H and O–H groups in total. The molecular weight excluding hydrogens is 394 g/mol. The van der Waals surface area contributed by atoms with Crippen LogP contribution in [0.5, 0.6) is 5.75 Å². The van der Waals surface area contributed by atoms with E-state index >= 15 is 0 Å². The van der Waals surface area contributed by atoms with Crippen molar-refractivity contribution in [3.05, 3.63) is 28.3 Å². The Labute approximate surface area is 173 Å². The molecule has 1 aromatic heterocycles. The van der Waals surface area contributed by atoms with Crippen LogP contribution in [0.25, 0.3) is 11.5 Å². The number of carboxylic acid groups (broad SMARTS) is 1. The Morgan fingerprint density at radius 3 is 2.77 bits per heavy atom. The minimum absolute atomic E-state index is 0.0330. The van der Waals surface area contributed by atoms with Crippen LogP contribution in [0, 0.1) is 10.1 Å². The van der Waals surface area contributed by atoms with Gasteiger partial charge >= 0.3 is 12.1 Å². The van der Waals surface area contributed by atoms with E-state index in [4.69, 9.17) is 9.15 Å². The molecule has 0 radical (unpaired) electrons. The van der Waals surface area contributed by atoms with Gasteiger partial charge in [0.25, 0.3) is 11.6 Å². The molecule has 1 saturated heterocycles. The number of carbonyl (C=O) groups is 1. The molecule has 0 atom stereocenters. The Bertz CT molecular complexity index is 880. The van der Waals surface area contributed by atoms with E-state index in [0.29, 0.717) is 12.0 Å². The van der Waals surface area contributed by atoms with Crippen molar-refractivity contribution in [3.8, 4) is 17.2 Å². The maximum absolute atomic E-state index is 11.7. The predicted molar refractivity (Wildman–Crippen MR) is 108 cm³/mol. The lowest BCUT2D eigenvalue weighted by Crippen LogP contribution is -2.35. The molecule has 0 bridgehead atoms. The number of aromatic nitrogens is 2. The van der Waals surface area contributed by atoms with Crippen LogP contribution >= 0.6 is 0 Å². The van der Waals surface area contributed by atoms with Crippen molar-refractivity contribution in [1.82, 2.24) is 15.1 Å². The molecule has 3 rings (SSSR count). The smallest absolute Gasteiger partial charge is 0.415 e. The topological polar surface area (TPSA) is 135 Å². The number of hydrogen-bond acceptors (Lipinski definition) is 8. The molecule has 162 valence electrons. The zero-order valence-electron chi connectivity index (χ0n) is 16.8.